The fourth-order valence-electron chi connectivity index (χ4n) is 1.01. The van der Waals surface area contributed by atoms with E-state index in [1.807, 2.05) is 5.16 Å². The molecule has 12 heavy (non-hydrogen) atoms. The molecule has 1 N–H and O–H groups in total. The summed E-state index contributed by atoms with van der Waals surface area (Å²) in [6.45, 7) is 0. The van der Waals surface area contributed by atoms with Gasteiger partial charge in [-0.05, 0) is 12.1 Å². The van der Waals surface area contributed by atoms with Gasteiger partial charge in [0.25, 0.3) is 5.43 Å². The number of rotatable bonds is 0. The Morgan fingerprint density at radius 2 is 1.92 bits per heavy atom. The third-order valence-corrected chi connectivity index (χ3v) is 1.59. The van der Waals surface area contributed by atoms with Gasteiger partial charge in [-0.25, -0.2) is 0 Å². The van der Waals surface area contributed by atoms with Crippen LogP contribution in [-0.2, 0) is 0 Å². The van der Waals surface area contributed by atoms with E-state index in [-0.39, 0.29) is 0 Å². The first kappa shape index (κ1) is 6.84. The average molecular weight is 163 g/mol. The predicted octanol–water partition coefficient (Wildman–Crippen LogP) is 0.481. The maximum Gasteiger partial charge on any atom is 0.325 e. The first-order valence-corrected chi connectivity index (χ1v) is 3.39. The molecule has 0 atom stereocenters. The van der Waals surface area contributed by atoms with Gasteiger partial charge in [-0.3, -0.25) is 9.59 Å². The minimum atomic E-state index is -0.728. The van der Waals surface area contributed by atoms with Gasteiger partial charge in [0.05, 0.1) is 5.39 Å². The number of para-hydroxylation sites is 1. The zero-order valence-electron chi connectivity index (χ0n) is 6.03. The molecule has 0 fully saturated rings. The van der Waals surface area contributed by atoms with Gasteiger partial charge in [-0.1, -0.05) is 12.1 Å². The minimum absolute atomic E-state index is 0.307. The van der Waals surface area contributed by atoms with E-state index in [4.69, 9.17) is 4.52 Å². The first-order chi connectivity index (χ1) is 5.79. The van der Waals surface area contributed by atoms with E-state index in [0.29, 0.717) is 11.0 Å². The van der Waals surface area contributed by atoms with E-state index in [9.17, 15) is 9.59 Å². The molecule has 1 aromatic heterocycles. The molecule has 1 heterocycles. The summed E-state index contributed by atoms with van der Waals surface area (Å²) in [6.07, 6.45) is 0. The molecule has 2 rings (SSSR count). The van der Waals surface area contributed by atoms with Gasteiger partial charge in [0.15, 0.2) is 5.58 Å². The van der Waals surface area contributed by atoms with Crippen LogP contribution in [0.5, 0.6) is 0 Å². The second-order valence-corrected chi connectivity index (χ2v) is 2.36. The second-order valence-electron chi connectivity index (χ2n) is 2.36. The summed E-state index contributed by atoms with van der Waals surface area (Å²) in [6, 6.07) is 6.57. The molecule has 0 unspecified atom stereocenters. The van der Waals surface area contributed by atoms with E-state index in [1.165, 1.54) is 0 Å². The molecule has 0 saturated heterocycles. The zero-order chi connectivity index (χ0) is 8.55. The standard InChI is InChI=1S/C8H5NO3/c10-7-5-3-1-2-4-6(5)12-9-8(7)11/h1-4H,(H,9,11). The summed E-state index contributed by atoms with van der Waals surface area (Å²) in [5.41, 5.74) is -0.896. The van der Waals surface area contributed by atoms with Crippen molar-refractivity contribution in [2.75, 3.05) is 0 Å². The summed E-state index contributed by atoms with van der Waals surface area (Å²) in [7, 11) is 0. The van der Waals surface area contributed by atoms with Crippen LogP contribution in [0.25, 0.3) is 11.0 Å². The highest BCUT2D eigenvalue weighted by Crippen LogP contribution is 2.04. The largest absolute Gasteiger partial charge is 0.378 e. The number of aromatic nitrogens is 1. The molecule has 0 amide bonds. The van der Waals surface area contributed by atoms with Crippen LogP contribution < -0.4 is 11.0 Å². The van der Waals surface area contributed by atoms with Crippen LogP contribution in [0.1, 0.15) is 0 Å². The van der Waals surface area contributed by atoms with Crippen molar-refractivity contribution in [2.45, 2.75) is 0 Å². The molecule has 4 nitrogen and oxygen atoms in total. The van der Waals surface area contributed by atoms with Gasteiger partial charge in [0.2, 0.25) is 0 Å². The second kappa shape index (κ2) is 2.34. The number of H-pyrrole nitrogens is 1. The van der Waals surface area contributed by atoms with Crippen molar-refractivity contribution in [3.8, 4) is 0 Å². The van der Waals surface area contributed by atoms with Crippen LogP contribution in [0.2, 0.25) is 0 Å². The summed E-state index contributed by atoms with van der Waals surface area (Å²) < 4.78 is 4.79. The molecule has 0 aliphatic rings. The molecule has 0 saturated carbocycles. The van der Waals surface area contributed by atoms with Crippen LogP contribution in [0.15, 0.2) is 38.4 Å². The average Bonchev–Trinajstić information content (AvgIpc) is 2.12. The van der Waals surface area contributed by atoms with E-state index in [0.717, 1.165) is 0 Å². The van der Waals surface area contributed by atoms with Gasteiger partial charge in [0.1, 0.15) is 0 Å². The van der Waals surface area contributed by atoms with Crippen LogP contribution in [0, 0.1) is 0 Å². The lowest BCUT2D eigenvalue weighted by atomic mass is 10.2. The first-order valence-electron chi connectivity index (χ1n) is 3.39. The fraction of sp³-hybridized carbons (Fsp3) is 0. The fourth-order valence-corrected chi connectivity index (χ4v) is 1.01. The predicted molar refractivity (Wildman–Crippen MR) is 43.1 cm³/mol. The maximum absolute atomic E-state index is 11.1. The topological polar surface area (TPSA) is 63.1 Å². The third kappa shape index (κ3) is 0.852. The highest BCUT2D eigenvalue weighted by atomic mass is 16.5. The molecule has 1 aromatic carbocycles. The van der Waals surface area contributed by atoms with Crippen molar-refractivity contribution in [1.29, 1.82) is 0 Å². The lowest BCUT2D eigenvalue weighted by molar-refractivity contribution is 0.430. The molecule has 60 valence electrons. The van der Waals surface area contributed by atoms with E-state index in [1.54, 1.807) is 24.3 Å². The maximum atomic E-state index is 11.1. The molecular formula is C8H5NO3. The Balaban J connectivity index is 3.11. The summed E-state index contributed by atoms with van der Waals surface area (Å²) in [5.74, 6) is 0. The van der Waals surface area contributed by atoms with Crippen molar-refractivity contribution in [1.82, 2.24) is 5.16 Å². The smallest absolute Gasteiger partial charge is 0.325 e. The van der Waals surface area contributed by atoms with Gasteiger partial charge in [0, 0.05) is 0 Å². The Bertz CT molecular complexity index is 523. The molecule has 2 aromatic rings. The Kier molecular flexibility index (Phi) is 1.33. The van der Waals surface area contributed by atoms with E-state index in [2.05, 4.69) is 0 Å². The number of hydrogen-bond acceptors (Lipinski definition) is 3. The normalized spacial score (nSPS) is 10.3. The number of nitrogens with one attached hydrogen (secondary N) is 1. The molecular weight excluding hydrogens is 158 g/mol. The van der Waals surface area contributed by atoms with Crippen molar-refractivity contribution < 1.29 is 4.52 Å². The van der Waals surface area contributed by atoms with Gasteiger partial charge >= 0.3 is 5.56 Å². The lowest BCUT2D eigenvalue weighted by Crippen LogP contribution is -2.25. The van der Waals surface area contributed by atoms with Gasteiger partial charge in [-0.2, -0.15) is 5.16 Å². The van der Waals surface area contributed by atoms with Crippen LogP contribution in [0.4, 0.5) is 0 Å². The lowest BCUT2D eigenvalue weighted by Gasteiger charge is -1.90. The molecule has 0 aliphatic carbocycles. The number of fused-ring (bicyclic) bond motifs is 1. The molecule has 4 heteroatoms. The highest BCUT2D eigenvalue weighted by Gasteiger charge is 2.01. The Morgan fingerprint density at radius 1 is 1.17 bits per heavy atom. The summed E-state index contributed by atoms with van der Waals surface area (Å²) >= 11 is 0. The van der Waals surface area contributed by atoms with Crippen molar-refractivity contribution in [3.05, 3.63) is 44.8 Å². The Morgan fingerprint density at radius 3 is 2.75 bits per heavy atom. The van der Waals surface area contributed by atoms with Crippen LogP contribution >= 0.6 is 0 Å². The Labute approximate surface area is 66.4 Å². The number of aromatic amines is 1. The van der Waals surface area contributed by atoms with Gasteiger partial charge < -0.3 is 4.52 Å². The molecule has 0 spiro atoms. The van der Waals surface area contributed by atoms with Crippen LogP contribution in [-0.4, -0.2) is 5.16 Å². The minimum Gasteiger partial charge on any atom is -0.378 e. The Hall–Kier alpha value is -1.84. The quantitative estimate of drug-likeness (QED) is 0.574. The zero-order valence-corrected chi connectivity index (χ0v) is 6.03. The molecule has 0 radical (unpaired) electrons. The summed E-state index contributed by atoms with van der Waals surface area (Å²) in [5, 5.41) is 2.31. The van der Waals surface area contributed by atoms with Crippen molar-refractivity contribution in [3.63, 3.8) is 0 Å². The number of benzene rings is 1. The van der Waals surface area contributed by atoms with Gasteiger partial charge in [-0.15, -0.1) is 0 Å². The molecule has 0 bridgehead atoms. The summed E-state index contributed by atoms with van der Waals surface area (Å²) in [4.78, 5) is 21.9. The van der Waals surface area contributed by atoms with Crippen LogP contribution in [0.3, 0.4) is 0 Å². The van der Waals surface area contributed by atoms with Crippen molar-refractivity contribution >= 4 is 11.0 Å². The SMILES string of the molecule is O=c1[nH]oc2ccccc2c1=O. The molecule has 0 aliphatic heterocycles. The van der Waals surface area contributed by atoms with E-state index >= 15 is 0 Å². The highest BCUT2D eigenvalue weighted by molar-refractivity contribution is 5.75. The monoisotopic (exact) mass is 163 g/mol. The van der Waals surface area contributed by atoms with E-state index < -0.39 is 11.0 Å². The third-order valence-electron chi connectivity index (χ3n) is 1.59. The number of hydrogen-bond donors (Lipinski definition) is 1. The van der Waals surface area contributed by atoms with Crippen molar-refractivity contribution in [2.24, 2.45) is 0 Å².